The Morgan fingerprint density at radius 1 is 1.12 bits per heavy atom. The third-order valence-corrected chi connectivity index (χ3v) is 8.61. The second-order valence-corrected chi connectivity index (χ2v) is 11.4. The number of anilines is 2. The highest BCUT2D eigenvalue weighted by Gasteiger charge is 2.35. The molecule has 230 valence electrons. The summed E-state index contributed by atoms with van der Waals surface area (Å²) in [5.74, 6) is -1.52. The van der Waals surface area contributed by atoms with Gasteiger partial charge in [0.2, 0.25) is 0 Å². The standard InChI is InChI=1S/C28H31F3N6O5S/c1-41-20-6-5-17(12-18(20)28(29,30)31)24-21(15-37-9-3-4-23(37)42-2)43-27(34-24)35-25(38)19-13-33-22(14-32-19)36-10-7-16(8-11-36)26(39)40/h5-6,12-14,16,23H,3-4,7-11,15H2,1-2H3,(H,39,40)(H,34,35,38)/t23-/m1/s1. The van der Waals surface area contributed by atoms with Gasteiger partial charge >= 0.3 is 12.1 Å². The van der Waals surface area contributed by atoms with Crippen molar-refractivity contribution in [2.24, 2.45) is 5.92 Å². The maximum absolute atomic E-state index is 13.8. The number of piperidine rings is 1. The number of nitrogens with one attached hydrogen (secondary N) is 1. The number of alkyl halides is 3. The second kappa shape index (κ2) is 12.8. The van der Waals surface area contributed by atoms with E-state index in [1.807, 2.05) is 4.90 Å². The van der Waals surface area contributed by atoms with Crippen LogP contribution in [0.4, 0.5) is 24.1 Å². The van der Waals surface area contributed by atoms with Crippen molar-refractivity contribution in [2.45, 2.75) is 44.6 Å². The van der Waals surface area contributed by atoms with E-state index in [-0.39, 0.29) is 34.3 Å². The molecular weight excluding hydrogens is 589 g/mol. The molecule has 2 fully saturated rings. The predicted molar refractivity (Wildman–Crippen MR) is 152 cm³/mol. The number of methoxy groups -OCH3 is 2. The summed E-state index contributed by atoms with van der Waals surface area (Å²) in [4.78, 5) is 42.1. The number of aliphatic carboxylic acids is 1. The minimum atomic E-state index is -4.64. The molecule has 11 nitrogen and oxygen atoms in total. The first-order chi connectivity index (χ1) is 20.6. The topological polar surface area (TPSA) is 130 Å². The molecule has 2 saturated heterocycles. The number of amides is 1. The number of ether oxygens (including phenoxy) is 2. The number of hydrogen-bond acceptors (Lipinski definition) is 10. The molecule has 1 aromatic carbocycles. The van der Waals surface area contributed by atoms with Crippen LogP contribution in [0.25, 0.3) is 11.3 Å². The van der Waals surface area contributed by atoms with Gasteiger partial charge in [-0.1, -0.05) is 11.3 Å². The number of carboxylic acid groups (broad SMARTS) is 1. The highest BCUT2D eigenvalue weighted by Crippen LogP contribution is 2.41. The highest BCUT2D eigenvalue weighted by atomic mass is 32.1. The summed E-state index contributed by atoms with van der Waals surface area (Å²) in [6.45, 7) is 2.17. The molecule has 2 aliphatic heterocycles. The molecule has 0 spiro atoms. The van der Waals surface area contributed by atoms with Gasteiger partial charge in [-0.15, -0.1) is 0 Å². The molecule has 4 heterocycles. The fourth-order valence-electron chi connectivity index (χ4n) is 5.36. The molecule has 2 aromatic heterocycles. The van der Waals surface area contributed by atoms with Gasteiger partial charge in [0.15, 0.2) is 5.13 Å². The van der Waals surface area contributed by atoms with Crippen LogP contribution < -0.4 is 15.0 Å². The number of nitrogens with zero attached hydrogens (tertiary/aromatic N) is 5. The first-order valence-corrected chi connectivity index (χ1v) is 14.5. The van der Waals surface area contributed by atoms with Gasteiger partial charge in [-0.2, -0.15) is 13.2 Å². The van der Waals surface area contributed by atoms with Gasteiger partial charge in [-0.3, -0.25) is 19.8 Å². The molecule has 1 amide bonds. The second-order valence-electron chi connectivity index (χ2n) is 10.3. The lowest BCUT2D eigenvalue weighted by atomic mass is 9.97. The van der Waals surface area contributed by atoms with Gasteiger partial charge in [0, 0.05) is 43.7 Å². The fraction of sp³-hybridized carbons (Fsp3) is 0.464. The number of likely N-dealkylation sites (tertiary alicyclic amines) is 1. The minimum Gasteiger partial charge on any atom is -0.496 e. The molecule has 0 saturated carbocycles. The lowest BCUT2D eigenvalue weighted by Crippen LogP contribution is -2.36. The fourth-order valence-corrected chi connectivity index (χ4v) is 6.37. The molecule has 5 rings (SSSR count). The quantitative estimate of drug-likeness (QED) is 0.346. The maximum atomic E-state index is 13.8. The van der Waals surface area contributed by atoms with Crippen molar-refractivity contribution in [3.05, 3.63) is 46.7 Å². The lowest BCUT2D eigenvalue weighted by molar-refractivity contribution is -0.142. The number of aromatic nitrogens is 3. The number of thiazole rings is 1. The summed E-state index contributed by atoms with van der Waals surface area (Å²) >= 11 is 1.17. The SMILES string of the molecule is COc1ccc(-c2nc(NC(=O)c3cnc(N4CCC(C(=O)O)CC4)cn3)sc2CN2CCC[C@H]2OC)cc1C(F)(F)F. The molecule has 0 radical (unpaired) electrons. The summed E-state index contributed by atoms with van der Waals surface area (Å²) in [5, 5.41) is 12.1. The van der Waals surface area contributed by atoms with E-state index in [0.717, 1.165) is 25.5 Å². The minimum absolute atomic E-state index is 0.0327. The summed E-state index contributed by atoms with van der Waals surface area (Å²) < 4.78 is 51.9. The third-order valence-electron chi connectivity index (χ3n) is 7.66. The van der Waals surface area contributed by atoms with Crippen LogP contribution in [0.1, 0.15) is 46.6 Å². The zero-order chi connectivity index (χ0) is 30.7. The van der Waals surface area contributed by atoms with Crippen molar-refractivity contribution in [1.82, 2.24) is 19.9 Å². The van der Waals surface area contributed by atoms with Gasteiger partial charge in [-0.25, -0.2) is 15.0 Å². The zero-order valence-electron chi connectivity index (χ0n) is 23.6. The number of carboxylic acids is 1. The molecule has 3 aromatic rings. The van der Waals surface area contributed by atoms with E-state index in [4.69, 9.17) is 9.47 Å². The van der Waals surface area contributed by atoms with Crippen LogP contribution in [-0.2, 0) is 22.3 Å². The largest absolute Gasteiger partial charge is 0.496 e. The molecule has 0 aliphatic carbocycles. The summed E-state index contributed by atoms with van der Waals surface area (Å²) in [6.07, 6.45) is 0.772. The average molecular weight is 621 g/mol. The van der Waals surface area contributed by atoms with E-state index in [2.05, 4.69) is 25.2 Å². The van der Waals surface area contributed by atoms with E-state index < -0.39 is 23.6 Å². The van der Waals surface area contributed by atoms with Crippen molar-refractivity contribution in [2.75, 3.05) is 44.1 Å². The van der Waals surface area contributed by atoms with Gasteiger partial charge in [0.05, 0.1) is 36.7 Å². The van der Waals surface area contributed by atoms with E-state index in [1.165, 1.54) is 43.0 Å². The van der Waals surface area contributed by atoms with Gasteiger partial charge in [0.1, 0.15) is 23.5 Å². The monoisotopic (exact) mass is 620 g/mol. The van der Waals surface area contributed by atoms with Crippen LogP contribution in [0.15, 0.2) is 30.6 Å². The molecule has 0 bridgehead atoms. The number of benzene rings is 1. The highest BCUT2D eigenvalue weighted by molar-refractivity contribution is 7.16. The van der Waals surface area contributed by atoms with E-state index in [0.29, 0.717) is 48.9 Å². The maximum Gasteiger partial charge on any atom is 0.419 e. The van der Waals surface area contributed by atoms with E-state index in [9.17, 15) is 27.9 Å². The Morgan fingerprint density at radius 2 is 1.88 bits per heavy atom. The normalized spacial score (nSPS) is 18.2. The van der Waals surface area contributed by atoms with Crippen LogP contribution in [0.2, 0.25) is 0 Å². The molecule has 15 heteroatoms. The molecule has 1 atom stereocenters. The molecule has 2 N–H and O–H groups in total. The van der Waals surface area contributed by atoms with Crippen molar-refractivity contribution < 1.29 is 37.3 Å². The number of hydrogen-bond donors (Lipinski definition) is 2. The van der Waals surface area contributed by atoms with E-state index >= 15 is 0 Å². The van der Waals surface area contributed by atoms with Crippen LogP contribution in [0.5, 0.6) is 5.75 Å². The third kappa shape index (κ3) is 6.89. The van der Waals surface area contributed by atoms with Crippen LogP contribution in [0.3, 0.4) is 0 Å². The van der Waals surface area contributed by atoms with Crippen LogP contribution >= 0.6 is 11.3 Å². The number of carbonyl (C=O) groups excluding carboxylic acids is 1. The first-order valence-electron chi connectivity index (χ1n) is 13.7. The summed E-state index contributed by atoms with van der Waals surface area (Å²) in [7, 11) is 2.80. The number of rotatable bonds is 9. The number of halogens is 3. The van der Waals surface area contributed by atoms with Crippen molar-refractivity contribution in [3.63, 3.8) is 0 Å². The van der Waals surface area contributed by atoms with Crippen LogP contribution in [-0.4, -0.2) is 76.9 Å². The Kier molecular flexibility index (Phi) is 9.13. The smallest absolute Gasteiger partial charge is 0.419 e. The predicted octanol–water partition coefficient (Wildman–Crippen LogP) is 4.75. The molecule has 2 aliphatic rings. The zero-order valence-corrected chi connectivity index (χ0v) is 24.4. The summed E-state index contributed by atoms with van der Waals surface area (Å²) in [5.41, 5.74) is -0.328. The molecule has 43 heavy (non-hydrogen) atoms. The van der Waals surface area contributed by atoms with Gasteiger partial charge in [0.25, 0.3) is 5.91 Å². The first kappa shape index (κ1) is 30.6. The van der Waals surface area contributed by atoms with Crippen molar-refractivity contribution in [1.29, 1.82) is 0 Å². The van der Waals surface area contributed by atoms with Gasteiger partial charge in [-0.05, 0) is 43.9 Å². The number of carbonyl (C=O) groups is 2. The van der Waals surface area contributed by atoms with E-state index in [1.54, 1.807) is 7.11 Å². The van der Waals surface area contributed by atoms with Crippen molar-refractivity contribution in [3.8, 4) is 17.0 Å². The van der Waals surface area contributed by atoms with Gasteiger partial charge < -0.3 is 19.5 Å². The Labute approximate surface area is 249 Å². The summed E-state index contributed by atoms with van der Waals surface area (Å²) in [6, 6.07) is 3.78. The average Bonchev–Trinajstić information content (AvgIpc) is 3.62. The Balaban J connectivity index is 1.38. The lowest BCUT2D eigenvalue weighted by Gasteiger charge is -2.30. The van der Waals surface area contributed by atoms with Crippen LogP contribution in [0, 0.1) is 5.92 Å². The Bertz CT molecular complexity index is 1460. The Morgan fingerprint density at radius 3 is 2.51 bits per heavy atom. The Hall–Kier alpha value is -3.82. The van der Waals surface area contributed by atoms with Crippen molar-refractivity contribution >= 4 is 34.2 Å². The molecule has 0 unspecified atom stereocenters. The molecular formula is C28H31F3N6O5S.